The summed E-state index contributed by atoms with van der Waals surface area (Å²) in [6.07, 6.45) is 4.38. The van der Waals surface area contributed by atoms with Crippen molar-refractivity contribution in [2.45, 2.75) is 45.9 Å². The fraction of sp³-hybridized carbons (Fsp3) is 0.458. The molecule has 0 bridgehead atoms. The van der Waals surface area contributed by atoms with Gasteiger partial charge in [-0.2, -0.15) is 5.10 Å². The van der Waals surface area contributed by atoms with E-state index in [1.54, 1.807) is 35.1 Å². The van der Waals surface area contributed by atoms with Crippen molar-refractivity contribution < 1.29 is 13.9 Å². The quantitative estimate of drug-likeness (QED) is 0.476. The summed E-state index contributed by atoms with van der Waals surface area (Å²) in [4.78, 5) is 21.6. The number of ether oxygens (including phenoxy) is 1. The van der Waals surface area contributed by atoms with Crippen molar-refractivity contribution in [2.75, 3.05) is 26.2 Å². The van der Waals surface area contributed by atoms with Gasteiger partial charge >= 0.3 is 0 Å². The minimum Gasteiger partial charge on any atom is -0.468 e. The van der Waals surface area contributed by atoms with Gasteiger partial charge in [-0.15, -0.1) is 0 Å². The second-order valence-corrected chi connectivity index (χ2v) is 10.2. The summed E-state index contributed by atoms with van der Waals surface area (Å²) >= 11 is 12.3. The molecule has 1 saturated heterocycles. The lowest BCUT2D eigenvalue weighted by atomic mass is 9.94. The number of hydrogen-bond donors (Lipinski definition) is 0. The average Bonchev–Trinajstić information content (AvgIpc) is 3.39. The van der Waals surface area contributed by atoms with Gasteiger partial charge < -0.3 is 14.1 Å². The highest BCUT2D eigenvalue weighted by Gasteiger charge is 2.24. The average molecular weight is 506 g/mol. The number of hydrogen-bond acceptors (Lipinski definition) is 6. The van der Waals surface area contributed by atoms with E-state index in [0.717, 1.165) is 25.3 Å². The van der Waals surface area contributed by atoms with Gasteiger partial charge in [0.15, 0.2) is 18.2 Å². The lowest BCUT2D eigenvalue weighted by Crippen LogP contribution is -2.35. The van der Waals surface area contributed by atoms with Crippen LogP contribution in [0.1, 0.15) is 49.3 Å². The van der Waals surface area contributed by atoms with Crippen molar-refractivity contribution in [2.24, 2.45) is 0 Å². The first-order valence-corrected chi connectivity index (χ1v) is 12.0. The van der Waals surface area contributed by atoms with Crippen LogP contribution in [-0.4, -0.2) is 56.7 Å². The topological polar surface area (TPSA) is 76.6 Å². The second kappa shape index (κ2) is 10.4. The normalized spacial score (nSPS) is 15.4. The van der Waals surface area contributed by atoms with Crippen LogP contribution in [0.4, 0.5) is 0 Å². The van der Waals surface area contributed by atoms with E-state index >= 15 is 0 Å². The van der Waals surface area contributed by atoms with Crippen LogP contribution in [0, 0.1) is 0 Å². The number of amides is 1. The summed E-state index contributed by atoms with van der Waals surface area (Å²) in [6.45, 7) is 9.94. The Kier molecular flexibility index (Phi) is 7.50. The number of aromatic nitrogens is 3. The third-order valence-corrected chi connectivity index (χ3v) is 6.24. The third-order valence-electron chi connectivity index (χ3n) is 5.65. The molecule has 182 valence electrons. The number of rotatable bonds is 6. The molecular formula is C24H29Cl2N5O3. The summed E-state index contributed by atoms with van der Waals surface area (Å²) in [5.74, 6) is 1.89. The molecule has 10 heteroatoms. The highest BCUT2D eigenvalue weighted by atomic mass is 35.5. The highest BCUT2D eigenvalue weighted by Crippen LogP contribution is 2.32. The predicted octanol–water partition coefficient (Wildman–Crippen LogP) is 4.86. The molecule has 3 aromatic rings. The zero-order valence-electron chi connectivity index (χ0n) is 19.6. The van der Waals surface area contributed by atoms with Crippen molar-refractivity contribution >= 4 is 29.1 Å². The lowest BCUT2D eigenvalue weighted by molar-refractivity contribution is 0.0752. The maximum atomic E-state index is 13.0. The first-order chi connectivity index (χ1) is 16.2. The van der Waals surface area contributed by atoms with Crippen molar-refractivity contribution in [3.05, 3.63) is 64.0 Å². The summed E-state index contributed by atoms with van der Waals surface area (Å²) in [7, 11) is 0. The number of halogens is 2. The standard InChI is InChI=1S/C24H29Cl2N5O3/c1-24(2,3)20-14-27-21(34-20)15-29-9-5-10-30(13-12-29)23(32)19-8-11-31(28-19)16-33-22-17(25)6-4-7-18(22)26/h4,6-8,11,14H,5,9-10,12-13,15-16H2,1-3H3. The molecule has 0 aliphatic carbocycles. The van der Waals surface area contributed by atoms with E-state index < -0.39 is 0 Å². The molecule has 1 aliphatic heterocycles. The molecule has 1 amide bonds. The van der Waals surface area contributed by atoms with Gasteiger partial charge in [-0.25, -0.2) is 9.67 Å². The summed E-state index contributed by atoms with van der Waals surface area (Å²) in [5, 5.41) is 5.22. The predicted molar refractivity (Wildman–Crippen MR) is 130 cm³/mol. The van der Waals surface area contributed by atoms with Crippen LogP contribution in [0.15, 0.2) is 41.1 Å². The molecule has 0 unspecified atom stereocenters. The van der Waals surface area contributed by atoms with E-state index in [1.807, 2.05) is 11.1 Å². The Bertz CT molecular complexity index is 1120. The zero-order valence-corrected chi connectivity index (χ0v) is 21.1. The molecule has 0 N–H and O–H groups in total. The summed E-state index contributed by atoms with van der Waals surface area (Å²) in [6, 6.07) is 6.85. The van der Waals surface area contributed by atoms with E-state index in [9.17, 15) is 4.79 Å². The fourth-order valence-electron chi connectivity index (χ4n) is 3.71. The second-order valence-electron chi connectivity index (χ2n) is 9.35. The van der Waals surface area contributed by atoms with Crippen molar-refractivity contribution in [3.63, 3.8) is 0 Å². The Labute approximate surface area is 209 Å². The molecule has 3 heterocycles. The zero-order chi connectivity index (χ0) is 24.3. The van der Waals surface area contributed by atoms with Crippen LogP contribution in [-0.2, 0) is 18.7 Å². The van der Waals surface area contributed by atoms with Crippen LogP contribution in [0.2, 0.25) is 10.0 Å². The number of carbonyl (C=O) groups is 1. The molecule has 1 fully saturated rings. The van der Waals surface area contributed by atoms with Gasteiger partial charge in [0.25, 0.3) is 5.91 Å². The molecule has 8 nitrogen and oxygen atoms in total. The molecule has 0 atom stereocenters. The van der Waals surface area contributed by atoms with Crippen LogP contribution in [0.25, 0.3) is 0 Å². The smallest absolute Gasteiger partial charge is 0.274 e. The molecular weight excluding hydrogens is 477 g/mol. The Hall–Kier alpha value is -2.55. The summed E-state index contributed by atoms with van der Waals surface area (Å²) < 4.78 is 13.2. The lowest BCUT2D eigenvalue weighted by Gasteiger charge is -2.20. The number of carbonyl (C=O) groups excluding carboxylic acids is 1. The number of para-hydroxylation sites is 1. The number of nitrogens with zero attached hydrogens (tertiary/aromatic N) is 5. The molecule has 2 aromatic heterocycles. The number of benzene rings is 1. The van der Waals surface area contributed by atoms with Crippen LogP contribution < -0.4 is 4.74 Å². The fourth-order valence-corrected chi connectivity index (χ4v) is 4.22. The van der Waals surface area contributed by atoms with Gasteiger partial charge in [0.1, 0.15) is 5.76 Å². The Morgan fingerprint density at radius 1 is 1.12 bits per heavy atom. The largest absolute Gasteiger partial charge is 0.468 e. The van der Waals surface area contributed by atoms with Crippen LogP contribution in [0.5, 0.6) is 5.75 Å². The van der Waals surface area contributed by atoms with Gasteiger partial charge in [0.05, 0.1) is 22.8 Å². The molecule has 1 aliphatic rings. The Morgan fingerprint density at radius 2 is 1.88 bits per heavy atom. The maximum Gasteiger partial charge on any atom is 0.274 e. The first kappa shape index (κ1) is 24.6. The third kappa shape index (κ3) is 5.92. The van der Waals surface area contributed by atoms with Gasteiger partial charge in [-0.1, -0.05) is 50.0 Å². The monoisotopic (exact) mass is 505 g/mol. The van der Waals surface area contributed by atoms with Crippen LogP contribution >= 0.6 is 23.2 Å². The van der Waals surface area contributed by atoms with Gasteiger partial charge in [-0.3, -0.25) is 9.69 Å². The van der Waals surface area contributed by atoms with Gasteiger partial charge in [0.2, 0.25) is 5.89 Å². The van der Waals surface area contributed by atoms with Crippen molar-refractivity contribution in [1.29, 1.82) is 0 Å². The molecule has 0 saturated carbocycles. The van der Waals surface area contributed by atoms with Gasteiger partial charge in [-0.05, 0) is 24.6 Å². The van der Waals surface area contributed by atoms with E-state index in [4.69, 9.17) is 32.4 Å². The number of oxazole rings is 1. The Balaban J connectivity index is 1.31. The van der Waals surface area contributed by atoms with E-state index in [2.05, 4.69) is 35.8 Å². The first-order valence-electron chi connectivity index (χ1n) is 11.3. The van der Waals surface area contributed by atoms with Crippen molar-refractivity contribution in [3.8, 4) is 5.75 Å². The molecule has 4 rings (SSSR count). The minimum atomic E-state index is -0.0949. The van der Waals surface area contributed by atoms with E-state index in [-0.39, 0.29) is 18.1 Å². The SMILES string of the molecule is CC(C)(C)c1cnc(CN2CCCN(C(=O)c3ccn(COc4c(Cl)cccc4Cl)n3)CC2)o1. The molecule has 34 heavy (non-hydrogen) atoms. The minimum absolute atomic E-state index is 0.0681. The van der Waals surface area contributed by atoms with E-state index in [1.165, 1.54) is 0 Å². The summed E-state index contributed by atoms with van der Waals surface area (Å²) in [5.41, 5.74) is 0.311. The van der Waals surface area contributed by atoms with Crippen LogP contribution in [0.3, 0.4) is 0 Å². The van der Waals surface area contributed by atoms with Gasteiger partial charge in [0, 0.05) is 37.8 Å². The molecule has 0 spiro atoms. The van der Waals surface area contributed by atoms with Crippen molar-refractivity contribution in [1.82, 2.24) is 24.6 Å². The maximum absolute atomic E-state index is 13.0. The van der Waals surface area contributed by atoms with E-state index in [0.29, 0.717) is 47.0 Å². The molecule has 0 radical (unpaired) electrons. The highest BCUT2D eigenvalue weighted by molar-refractivity contribution is 6.37. The Morgan fingerprint density at radius 3 is 2.59 bits per heavy atom. The molecule has 1 aromatic carbocycles.